The minimum absolute atomic E-state index is 0.103. The number of hydrogen-bond donors (Lipinski definition) is 2. The summed E-state index contributed by atoms with van der Waals surface area (Å²) in [6.07, 6.45) is 3.89. The Balaban J connectivity index is 1.48. The number of rotatable bonds is 4. The van der Waals surface area contributed by atoms with Crippen LogP contribution >= 0.6 is 0 Å². The van der Waals surface area contributed by atoms with E-state index < -0.39 is 15.8 Å². The summed E-state index contributed by atoms with van der Waals surface area (Å²) in [6.45, 7) is 0. The summed E-state index contributed by atoms with van der Waals surface area (Å²) in [5, 5.41) is 2.80. The van der Waals surface area contributed by atoms with Crippen LogP contribution in [0.5, 0.6) is 11.5 Å². The molecule has 1 fully saturated rings. The molecule has 7 nitrogen and oxygen atoms in total. The molecule has 4 rings (SSSR count). The number of fused-ring (bicyclic) bond motifs is 1. The van der Waals surface area contributed by atoms with E-state index in [2.05, 4.69) is 10.0 Å². The van der Waals surface area contributed by atoms with Gasteiger partial charge in [-0.15, -0.1) is 0 Å². The zero-order chi connectivity index (χ0) is 19.1. The molecule has 2 aromatic rings. The fourth-order valence-electron chi connectivity index (χ4n) is 3.40. The number of benzene rings is 2. The standard InChI is InChI=1S/C19H20N2O5S/c1-20-27(23,24)15-7-4-13(5-8-15)18(22)21-14-6-9-16-17(12-14)26-19(25-16)10-2-3-11-19/h4-9,12,20H,2-3,10-11H2,1H3,(H,21,22). The fraction of sp³-hybridized carbons (Fsp3) is 0.316. The first-order valence-corrected chi connectivity index (χ1v) is 10.3. The van der Waals surface area contributed by atoms with Crippen LogP contribution in [0.1, 0.15) is 36.0 Å². The van der Waals surface area contributed by atoms with Gasteiger partial charge in [-0.25, -0.2) is 13.1 Å². The van der Waals surface area contributed by atoms with Crippen LogP contribution in [-0.2, 0) is 10.0 Å². The van der Waals surface area contributed by atoms with Crippen LogP contribution in [0.25, 0.3) is 0 Å². The van der Waals surface area contributed by atoms with Gasteiger partial charge in [-0.05, 0) is 56.3 Å². The van der Waals surface area contributed by atoms with E-state index in [-0.39, 0.29) is 10.8 Å². The van der Waals surface area contributed by atoms with E-state index in [4.69, 9.17) is 9.47 Å². The number of carbonyl (C=O) groups is 1. The smallest absolute Gasteiger partial charge is 0.255 e. The van der Waals surface area contributed by atoms with Crippen molar-refractivity contribution in [3.63, 3.8) is 0 Å². The molecule has 1 aliphatic carbocycles. The number of sulfonamides is 1. The molecule has 27 heavy (non-hydrogen) atoms. The third-order valence-corrected chi connectivity index (χ3v) is 6.28. The van der Waals surface area contributed by atoms with Crippen molar-refractivity contribution in [3.05, 3.63) is 48.0 Å². The average molecular weight is 388 g/mol. The molecule has 1 heterocycles. The van der Waals surface area contributed by atoms with E-state index in [1.807, 2.05) is 0 Å². The maximum absolute atomic E-state index is 12.4. The minimum Gasteiger partial charge on any atom is -0.448 e. The number of carbonyl (C=O) groups excluding carboxylic acids is 1. The Morgan fingerprint density at radius 1 is 1.00 bits per heavy atom. The van der Waals surface area contributed by atoms with E-state index >= 15 is 0 Å². The van der Waals surface area contributed by atoms with Gasteiger partial charge in [0.15, 0.2) is 11.5 Å². The van der Waals surface area contributed by atoms with Crippen molar-refractivity contribution in [1.82, 2.24) is 4.72 Å². The van der Waals surface area contributed by atoms with Crippen molar-refractivity contribution in [2.45, 2.75) is 36.4 Å². The van der Waals surface area contributed by atoms with Crippen LogP contribution in [0.4, 0.5) is 5.69 Å². The minimum atomic E-state index is -3.53. The molecule has 0 atom stereocenters. The van der Waals surface area contributed by atoms with Gasteiger partial charge in [0.25, 0.3) is 11.7 Å². The van der Waals surface area contributed by atoms with Crippen LogP contribution in [0.2, 0.25) is 0 Å². The normalized spacial score (nSPS) is 17.2. The van der Waals surface area contributed by atoms with Crippen molar-refractivity contribution in [2.24, 2.45) is 0 Å². The molecule has 1 aliphatic heterocycles. The molecule has 0 radical (unpaired) electrons. The first kappa shape index (κ1) is 17.8. The molecule has 2 aliphatic rings. The van der Waals surface area contributed by atoms with Crippen LogP contribution in [0.15, 0.2) is 47.4 Å². The second-order valence-corrected chi connectivity index (χ2v) is 8.56. The molecule has 1 saturated carbocycles. The van der Waals surface area contributed by atoms with Gasteiger partial charge in [-0.1, -0.05) is 0 Å². The lowest BCUT2D eigenvalue weighted by molar-refractivity contribution is -0.0716. The second kappa shape index (κ2) is 6.54. The number of nitrogens with one attached hydrogen (secondary N) is 2. The van der Waals surface area contributed by atoms with E-state index in [0.717, 1.165) is 25.7 Å². The Morgan fingerprint density at radius 3 is 2.33 bits per heavy atom. The summed E-state index contributed by atoms with van der Waals surface area (Å²) in [5.74, 6) is 0.444. The molecule has 0 unspecified atom stereocenters. The highest BCUT2D eigenvalue weighted by atomic mass is 32.2. The summed E-state index contributed by atoms with van der Waals surface area (Å²) in [7, 11) is -2.19. The third-order valence-electron chi connectivity index (χ3n) is 4.85. The Morgan fingerprint density at radius 2 is 1.67 bits per heavy atom. The highest BCUT2D eigenvalue weighted by Gasteiger charge is 2.44. The SMILES string of the molecule is CNS(=O)(=O)c1ccc(C(=O)Nc2ccc3c(c2)OC2(CCCC2)O3)cc1. The first-order chi connectivity index (χ1) is 12.9. The largest absolute Gasteiger partial charge is 0.448 e. The van der Waals surface area contributed by atoms with Gasteiger partial charge in [-0.2, -0.15) is 0 Å². The van der Waals surface area contributed by atoms with Gasteiger partial charge in [0.1, 0.15) is 0 Å². The van der Waals surface area contributed by atoms with Gasteiger partial charge < -0.3 is 14.8 Å². The summed E-state index contributed by atoms with van der Waals surface area (Å²) < 4.78 is 37.7. The van der Waals surface area contributed by atoms with E-state index in [9.17, 15) is 13.2 Å². The molecule has 1 amide bonds. The molecule has 0 saturated heterocycles. The Kier molecular flexibility index (Phi) is 4.32. The van der Waals surface area contributed by atoms with Crippen LogP contribution in [0.3, 0.4) is 0 Å². The lowest BCUT2D eigenvalue weighted by Gasteiger charge is -2.21. The number of ether oxygens (including phenoxy) is 2. The second-order valence-electron chi connectivity index (χ2n) is 6.67. The number of amides is 1. The first-order valence-electron chi connectivity index (χ1n) is 8.78. The molecule has 0 bridgehead atoms. The maximum atomic E-state index is 12.4. The Bertz CT molecular complexity index is 980. The Hall–Kier alpha value is -2.58. The molecule has 142 valence electrons. The number of anilines is 1. The highest BCUT2D eigenvalue weighted by Crippen LogP contribution is 2.47. The molecular weight excluding hydrogens is 368 g/mol. The van der Waals surface area contributed by atoms with Gasteiger partial charge in [-0.3, -0.25) is 4.79 Å². The topological polar surface area (TPSA) is 93.7 Å². The van der Waals surface area contributed by atoms with Crippen molar-refractivity contribution in [1.29, 1.82) is 0 Å². The van der Waals surface area contributed by atoms with E-state index in [0.29, 0.717) is 22.7 Å². The lowest BCUT2D eigenvalue weighted by atomic mass is 10.2. The molecule has 1 spiro atoms. The van der Waals surface area contributed by atoms with Crippen LogP contribution in [0, 0.1) is 0 Å². The number of hydrogen-bond acceptors (Lipinski definition) is 5. The molecule has 2 N–H and O–H groups in total. The van der Waals surface area contributed by atoms with E-state index in [1.165, 1.54) is 31.3 Å². The van der Waals surface area contributed by atoms with Crippen molar-refractivity contribution < 1.29 is 22.7 Å². The molecule has 0 aromatic heterocycles. The molecule has 8 heteroatoms. The lowest BCUT2D eigenvalue weighted by Crippen LogP contribution is -2.34. The monoisotopic (exact) mass is 388 g/mol. The van der Waals surface area contributed by atoms with Crippen molar-refractivity contribution in [3.8, 4) is 11.5 Å². The van der Waals surface area contributed by atoms with Gasteiger partial charge in [0.05, 0.1) is 4.90 Å². The predicted molar refractivity (Wildman–Crippen MR) is 99.5 cm³/mol. The average Bonchev–Trinajstić information content (AvgIpc) is 3.27. The summed E-state index contributed by atoms with van der Waals surface area (Å²) in [6, 6.07) is 11.0. The Labute approximate surface area is 157 Å². The van der Waals surface area contributed by atoms with Crippen molar-refractivity contribution in [2.75, 3.05) is 12.4 Å². The van der Waals surface area contributed by atoms with E-state index in [1.54, 1.807) is 18.2 Å². The third kappa shape index (κ3) is 3.38. The van der Waals surface area contributed by atoms with Crippen LogP contribution < -0.4 is 19.5 Å². The zero-order valence-electron chi connectivity index (χ0n) is 14.8. The maximum Gasteiger partial charge on any atom is 0.255 e. The molecular formula is C19H20N2O5S. The van der Waals surface area contributed by atoms with Gasteiger partial charge in [0.2, 0.25) is 10.0 Å². The summed E-state index contributed by atoms with van der Waals surface area (Å²) >= 11 is 0. The fourth-order valence-corrected chi connectivity index (χ4v) is 4.13. The zero-order valence-corrected chi connectivity index (χ0v) is 15.6. The van der Waals surface area contributed by atoms with Crippen LogP contribution in [-0.4, -0.2) is 27.2 Å². The van der Waals surface area contributed by atoms with Crippen molar-refractivity contribution >= 4 is 21.6 Å². The quantitative estimate of drug-likeness (QED) is 0.840. The van der Waals surface area contributed by atoms with Gasteiger partial charge >= 0.3 is 0 Å². The summed E-state index contributed by atoms with van der Waals surface area (Å²) in [4.78, 5) is 12.5. The summed E-state index contributed by atoms with van der Waals surface area (Å²) in [5.41, 5.74) is 0.944. The predicted octanol–water partition coefficient (Wildman–Crippen LogP) is 2.89. The van der Waals surface area contributed by atoms with Gasteiger partial charge in [0, 0.05) is 30.2 Å². The highest BCUT2D eigenvalue weighted by molar-refractivity contribution is 7.89. The molecule has 2 aromatic carbocycles.